The molecule has 2 N–H and O–H groups in total. The molecule has 0 saturated carbocycles. The fraction of sp³-hybridized carbons (Fsp3) is 0.571. The molecule has 2 aromatic rings. The molecule has 0 saturated heterocycles. The molecular formula is C28H42N2O2S. The molecule has 1 aromatic carbocycles. The summed E-state index contributed by atoms with van der Waals surface area (Å²) in [5.41, 5.74) is 1.44. The average molecular weight is 471 g/mol. The molecule has 0 bridgehead atoms. The van der Waals surface area contributed by atoms with Gasteiger partial charge in [-0.25, -0.2) is 0 Å². The Balaban J connectivity index is 1.45. The first-order valence-corrected chi connectivity index (χ1v) is 13.8. The summed E-state index contributed by atoms with van der Waals surface area (Å²) in [4.78, 5) is 25.0. The number of hydrogen-bond acceptors (Lipinski definition) is 4. The minimum Gasteiger partial charge on any atom is -0.384 e. The minimum absolute atomic E-state index is 0.349. The lowest BCUT2D eigenvalue weighted by molar-refractivity contribution is 0.0851. The third kappa shape index (κ3) is 12.0. The summed E-state index contributed by atoms with van der Waals surface area (Å²) in [6, 6.07) is 10.6. The molecule has 33 heavy (non-hydrogen) atoms. The maximum absolute atomic E-state index is 12.3. The Bertz CT molecular complexity index is 788. The van der Waals surface area contributed by atoms with Crippen LogP contribution in [0.15, 0.2) is 41.8 Å². The number of rotatable bonds is 18. The molecular weight excluding hydrogens is 428 g/mol. The average Bonchev–Trinajstić information content (AvgIpc) is 3.31. The van der Waals surface area contributed by atoms with Gasteiger partial charge in [-0.15, -0.1) is 11.3 Å². The van der Waals surface area contributed by atoms with Crippen molar-refractivity contribution in [3.05, 3.63) is 52.2 Å². The Morgan fingerprint density at radius 3 is 1.85 bits per heavy atom. The molecule has 0 fully saturated rings. The van der Waals surface area contributed by atoms with Crippen LogP contribution in [0.25, 0.3) is 0 Å². The van der Waals surface area contributed by atoms with Crippen LogP contribution in [0.3, 0.4) is 0 Å². The van der Waals surface area contributed by atoms with Crippen molar-refractivity contribution in [2.45, 2.75) is 96.8 Å². The van der Waals surface area contributed by atoms with Gasteiger partial charge in [0.25, 0.3) is 11.8 Å². The third-order valence-corrected chi connectivity index (χ3v) is 6.87. The molecule has 0 aliphatic rings. The van der Waals surface area contributed by atoms with Crippen LogP contribution in [0.5, 0.6) is 0 Å². The zero-order valence-electron chi connectivity index (χ0n) is 20.4. The Labute approximate surface area is 204 Å². The highest BCUT2D eigenvalue weighted by Crippen LogP contribution is 2.20. The Morgan fingerprint density at radius 1 is 0.727 bits per heavy atom. The van der Waals surface area contributed by atoms with Crippen molar-refractivity contribution in [1.82, 2.24) is 5.32 Å². The maximum atomic E-state index is 12.3. The SMILES string of the molecule is CCCCCCCCCCCCCCCCNc1csc(C(=O)NC(=O)c2ccccc2)c1. The van der Waals surface area contributed by atoms with E-state index in [1.54, 1.807) is 24.3 Å². The lowest BCUT2D eigenvalue weighted by Crippen LogP contribution is -2.29. The number of benzene rings is 1. The topological polar surface area (TPSA) is 58.2 Å². The van der Waals surface area contributed by atoms with Crippen molar-refractivity contribution in [1.29, 1.82) is 0 Å². The van der Waals surface area contributed by atoms with E-state index in [0.717, 1.165) is 18.7 Å². The van der Waals surface area contributed by atoms with Gasteiger partial charge < -0.3 is 5.32 Å². The van der Waals surface area contributed by atoms with Crippen LogP contribution in [0.1, 0.15) is 117 Å². The molecule has 0 atom stereocenters. The van der Waals surface area contributed by atoms with Crippen molar-refractivity contribution < 1.29 is 9.59 Å². The fourth-order valence-electron chi connectivity index (χ4n) is 3.93. The lowest BCUT2D eigenvalue weighted by atomic mass is 10.0. The maximum Gasteiger partial charge on any atom is 0.268 e. The molecule has 2 amide bonds. The normalized spacial score (nSPS) is 10.8. The van der Waals surface area contributed by atoms with Crippen LogP contribution in [-0.4, -0.2) is 18.4 Å². The van der Waals surface area contributed by atoms with E-state index in [1.165, 1.54) is 94.8 Å². The largest absolute Gasteiger partial charge is 0.384 e. The number of unbranched alkanes of at least 4 members (excludes halogenated alkanes) is 13. The first kappa shape index (κ1) is 27.1. The first-order chi connectivity index (χ1) is 16.2. The first-order valence-electron chi connectivity index (χ1n) is 12.9. The number of amides is 2. The van der Waals surface area contributed by atoms with Gasteiger partial charge in [-0.2, -0.15) is 0 Å². The fourth-order valence-corrected chi connectivity index (χ4v) is 4.69. The van der Waals surface area contributed by atoms with E-state index in [0.29, 0.717) is 10.4 Å². The predicted octanol–water partition coefficient (Wildman–Crippen LogP) is 8.21. The van der Waals surface area contributed by atoms with Gasteiger partial charge in [0.05, 0.1) is 4.88 Å². The van der Waals surface area contributed by atoms with Crippen LogP contribution in [0.2, 0.25) is 0 Å². The van der Waals surface area contributed by atoms with Crippen molar-refractivity contribution in [2.24, 2.45) is 0 Å². The standard InChI is InChI=1S/C28H42N2O2S/c1-2-3-4-5-6-7-8-9-10-11-12-13-14-18-21-29-25-22-26(33-23-25)28(32)30-27(31)24-19-16-15-17-20-24/h15-17,19-20,22-23,29H,2-14,18,21H2,1H3,(H,30,31,32). The lowest BCUT2D eigenvalue weighted by Gasteiger charge is -2.05. The monoisotopic (exact) mass is 470 g/mol. The number of imide groups is 1. The van der Waals surface area contributed by atoms with Gasteiger partial charge in [-0.3, -0.25) is 14.9 Å². The van der Waals surface area contributed by atoms with Gasteiger partial charge in [-0.05, 0) is 24.6 Å². The predicted molar refractivity (Wildman–Crippen MR) is 141 cm³/mol. The summed E-state index contributed by atoms with van der Waals surface area (Å²) >= 11 is 1.36. The molecule has 4 nitrogen and oxygen atoms in total. The van der Waals surface area contributed by atoms with Gasteiger partial charge in [0.2, 0.25) is 0 Å². The van der Waals surface area contributed by atoms with E-state index in [-0.39, 0.29) is 11.8 Å². The molecule has 0 aliphatic heterocycles. The Kier molecular flexibility index (Phi) is 14.3. The van der Waals surface area contributed by atoms with E-state index in [1.807, 2.05) is 17.5 Å². The quantitative estimate of drug-likeness (QED) is 0.170. The molecule has 5 heteroatoms. The summed E-state index contributed by atoms with van der Waals surface area (Å²) in [7, 11) is 0. The highest BCUT2D eigenvalue weighted by atomic mass is 32.1. The molecule has 182 valence electrons. The second kappa shape index (κ2) is 17.4. The molecule has 2 rings (SSSR count). The van der Waals surface area contributed by atoms with Crippen LogP contribution in [-0.2, 0) is 0 Å². The van der Waals surface area contributed by atoms with Crippen LogP contribution < -0.4 is 10.6 Å². The minimum atomic E-state index is -0.370. The second-order valence-electron chi connectivity index (χ2n) is 8.87. The molecule has 0 aliphatic carbocycles. The highest BCUT2D eigenvalue weighted by Gasteiger charge is 2.14. The number of anilines is 1. The van der Waals surface area contributed by atoms with Crippen LogP contribution >= 0.6 is 11.3 Å². The number of thiophene rings is 1. The number of carbonyl (C=O) groups excluding carboxylic acids is 2. The summed E-state index contributed by atoms with van der Waals surface area (Å²) in [5.74, 6) is -0.718. The van der Waals surface area contributed by atoms with Crippen molar-refractivity contribution in [3.8, 4) is 0 Å². The third-order valence-electron chi connectivity index (χ3n) is 5.95. The summed E-state index contributed by atoms with van der Waals surface area (Å²) in [6.45, 7) is 3.19. The van der Waals surface area contributed by atoms with E-state index >= 15 is 0 Å². The number of nitrogens with one attached hydrogen (secondary N) is 2. The Hall–Kier alpha value is -2.14. The highest BCUT2D eigenvalue weighted by molar-refractivity contribution is 7.12. The molecule has 0 radical (unpaired) electrons. The van der Waals surface area contributed by atoms with Gasteiger partial charge in [0.1, 0.15) is 0 Å². The van der Waals surface area contributed by atoms with Gasteiger partial charge >= 0.3 is 0 Å². The van der Waals surface area contributed by atoms with E-state index in [4.69, 9.17) is 0 Å². The summed E-state index contributed by atoms with van der Waals surface area (Å²) < 4.78 is 0. The molecule has 0 unspecified atom stereocenters. The summed E-state index contributed by atoms with van der Waals surface area (Å²) in [6.07, 6.45) is 19.0. The van der Waals surface area contributed by atoms with Gasteiger partial charge in [0, 0.05) is 23.2 Å². The number of carbonyl (C=O) groups is 2. The molecule has 1 heterocycles. The Morgan fingerprint density at radius 2 is 1.27 bits per heavy atom. The van der Waals surface area contributed by atoms with Crippen molar-refractivity contribution in [3.63, 3.8) is 0 Å². The van der Waals surface area contributed by atoms with Gasteiger partial charge in [-0.1, -0.05) is 109 Å². The molecule has 1 aromatic heterocycles. The van der Waals surface area contributed by atoms with Crippen LogP contribution in [0, 0.1) is 0 Å². The van der Waals surface area contributed by atoms with Crippen molar-refractivity contribution >= 4 is 28.8 Å². The zero-order valence-corrected chi connectivity index (χ0v) is 21.2. The smallest absolute Gasteiger partial charge is 0.268 e. The molecule has 0 spiro atoms. The number of hydrogen-bond donors (Lipinski definition) is 2. The second-order valence-corrected chi connectivity index (χ2v) is 9.78. The van der Waals surface area contributed by atoms with E-state index < -0.39 is 0 Å². The van der Waals surface area contributed by atoms with Crippen molar-refractivity contribution in [2.75, 3.05) is 11.9 Å². The zero-order chi connectivity index (χ0) is 23.6. The van der Waals surface area contributed by atoms with Crippen LogP contribution in [0.4, 0.5) is 5.69 Å². The van der Waals surface area contributed by atoms with Gasteiger partial charge in [0.15, 0.2) is 0 Å². The summed E-state index contributed by atoms with van der Waals surface area (Å²) in [5, 5.41) is 7.78. The van der Waals surface area contributed by atoms with E-state index in [9.17, 15) is 9.59 Å². The van der Waals surface area contributed by atoms with E-state index in [2.05, 4.69) is 17.6 Å².